The maximum atomic E-state index is 5.95. The van der Waals surface area contributed by atoms with Crippen LogP contribution in [0.3, 0.4) is 0 Å². The van der Waals surface area contributed by atoms with Crippen molar-refractivity contribution in [2.24, 2.45) is 4.99 Å². The minimum absolute atomic E-state index is 0. The van der Waals surface area contributed by atoms with Gasteiger partial charge in [0.2, 0.25) is 0 Å². The lowest BCUT2D eigenvalue weighted by Crippen LogP contribution is -2.41. The number of nitrogens with one attached hydrogen (secondary N) is 1. The number of rotatable bonds is 7. The largest absolute Gasteiger partial charge is 0.494 e. The summed E-state index contributed by atoms with van der Waals surface area (Å²) in [5, 5.41) is 3.69. The van der Waals surface area contributed by atoms with Gasteiger partial charge in [-0.15, -0.1) is 24.0 Å². The van der Waals surface area contributed by atoms with Crippen LogP contribution >= 0.6 is 24.0 Å². The van der Waals surface area contributed by atoms with Crippen LogP contribution in [0.5, 0.6) is 11.5 Å². The molecule has 0 fully saturated rings. The predicted molar refractivity (Wildman–Crippen MR) is 130 cm³/mol. The second-order valence-corrected chi connectivity index (χ2v) is 6.85. The van der Waals surface area contributed by atoms with E-state index >= 15 is 0 Å². The molecule has 1 heterocycles. The van der Waals surface area contributed by atoms with Gasteiger partial charge in [0.15, 0.2) is 5.96 Å². The molecular weight excluding hydrogens is 477 g/mol. The van der Waals surface area contributed by atoms with Crippen LogP contribution in [-0.2, 0) is 0 Å². The number of hydrogen-bond donors (Lipinski definition) is 1. The third-order valence-corrected chi connectivity index (χ3v) is 4.86. The number of aliphatic imine (C=N–C) groups is 1. The van der Waals surface area contributed by atoms with Gasteiger partial charge in [-0.05, 0) is 38.8 Å². The third-order valence-electron chi connectivity index (χ3n) is 4.86. The van der Waals surface area contributed by atoms with Gasteiger partial charge in [0.1, 0.15) is 11.5 Å². The molecule has 1 aliphatic heterocycles. The summed E-state index contributed by atoms with van der Waals surface area (Å²) >= 11 is 0. The molecule has 0 saturated carbocycles. The number of halogens is 1. The fourth-order valence-electron chi connectivity index (χ4n) is 3.49. The minimum Gasteiger partial charge on any atom is -0.494 e. The summed E-state index contributed by atoms with van der Waals surface area (Å²) in [6.07, 6.45) is 2.27. The Balaban J connectivity index is 0.00000300. The molecule has 0 unspecified atom stereocenters. The number of ether oxygens (including phenoxy) is 2. The first-order valence-corrected chi connectivity index (χ1v) is 10.2. The maximum Gasteiger partial charge on any atom is 0.194 e. The summed E-state index contributed by atoms with van der Waals surface area (Å²) in [7, 11) is 2.09. The lowest BCUT2D eigenvalue weighted by Gasteiger charge is -2.29. The standard InChI is InChI=1S/C23H31N3O2.HI/c1-4-27-20-14-8-6-12-18(20)22(19-13-7-9-15-21(19)28-5-2)25-23-24-16-10-11-17-26(23)3;/h6-9,12-15,22H,4-5,10-11,16-17H2,1-3H3,(H,24,25);1H. The fraction of sp³-hybridized carbons (Fsp3) is 0.435. The van der Waals surface area contributed by atoms with Crippen LogP contribution in [0, 0.1) is 0 Å². The summed E-state index contributed by atoms with van der Waals surface area (Å²) in [6, 6.07) is 16.3. The number of para-hydroxylation sites is 2. The molecular formula is C23H32IN3O2. The maximum absolute atomic E-state index is 5.95. The first-order valence-electron chi connectivity index (χ1n) is 10.2. The van der Waals surface area contributed by atoms with Crippen LogP contribution in [0.15, 0.2) is 53.5 Å². The molecule has 29 heavy (non-hydrogen) atoms. The summed E-state index contributed by atoms with van der Waals surface area (Å²) in [5.74, 6) is 2.68. The number of nitrogens with zero attached hydrogens (tertiary/aromatic N) is 2. The van der Waals surface area contributed by atoms with Crippen molar-refractivity contribution in [3.63, 3.8) is 0 Å². The summed E-state index contributed by atoms with van der Waals surface area (Å²) in [6.45, 7) is 7.11. The molecule has 0 bridgehead atoms. The van der Waals surface area contributed by atoms with E-state index < -0.39 is 0 Å². The van der Waals surface area contributed by atoms with Crippen molar-refractivity contribution >= 4 is 29.9 Å². The van der Waals surface area contributed by atoms with Crippen molar-refractivity contribution in [2.45, 2.75) is 32.7 Å². The van der Waals surface area contributed by atoms with Gasteiger partial charge in [0.25, 0.3) is 0 Å². The van der Waals surface area contributed by atoms with Crippen LogP contribution < -0.4 is 14.8 Å². The van der Waals surface area contributed by atoms with E-state index in [1.165, 1.54) is 0 Å². The lowest BCUT2D eigenvalue weighted by molar-refractivity contribution is 0.328. The van der Waals surface area contributed by atoms with E-state index in [0.29, 0.717) is 13.2 Å². The van der Waals surface area contributed by atoms with Crippen LogP contribution in [0.1, 0.15) is 43.9 Å². The molecule has 0 aromatic heterocycles. The summed E-state index contributed by atoms with van der Waals surface area (Å²) in [5.41, 5.74) is 2.16. The van der Waals surface area contributed by atoms with E-state index in [0.717, 1.165) is 54.5 Å². The van der Waals surface area contributed by atoms with Crippen LogP contribution in [0.4, 0.5) is 0 Å². The number of guanidine groups is 1. The zero-order valence-electron chi connectivity index (χ0n) is 17.6. The zero-order valence-corrected chi connectivity index (χ0v) is 19.9. The van der Waals surface area contributed by atoms with Gasteiger partial charge in [-0.25, -0.2) is 0 Å². The third kappa shape index (κ3) is 6.01. The molecule has 0 aliphatic carbocycles. The smallest absolute Gasteiger partial charge is 0.194 e. The van der Waals surface area contributed by atoms with E-state index in [1.54, 1.807) is 0 Å². The highest BCUT2D eigenvalue weighted by Crippen LogP contribution is 2.35. The SMILES string of the molecule is CCOc1ccccc1C(NC1=NCCCCN1C)c1ccccc1OCC.I. The molecule has 158 valence electrons. The Bertz CT molecular complexity index is 748. The molecule has 5 nitrogen and oxygen atoms in total. The van der Waals surface area contributed by atoms with Crippen molar-refractivity contribution in [3.8, 4) is 11.5 Å². The molecule has 0 atom stereocenters. The van der Waals surface area contributed by atoms with Crippen LogP contribution in [0.25, 0.3) is 0 Å². The average Bonchev–Trinajstić information content (AvgIpc) is 2.92. The molecule has 0 spiro atoms. The van der Waals surface area contributed by atoms with E-state index in [1.807, 2.05) is 38.1 Å². The normalized spacial score (nSPS) is 13.9. The van der Waals surface area contributed by atoms with E-state index in [2.05, 4.69) is 41.5 Å². The molecule has 0 amide bonds. The highest BCUT2D eigenvalue weighted by molar-refractivity contribution is 14.0. The summed E-state index contributed by atoms with van der Waals surface area (Å²) in [4.78, 5) is 7.00. The molecule has 2 aromatic rings. The van der Waals surface area contributed by atoms with Crippen molar-refractivity contribution in [1.82, 2.24) is 10.2 Å². The van der Waals surface area contributed by atoms with Crippen molar-refractivity contribution in [1.29, 1.82) is 0 Å². The van der Waals surface area contributed by atoms with E-state index in [4.69, 9.17) is 14.5 Å². The second kappa shape index (κ2) is 11.9. The minimum atomic E-state index is -0.121. The number of benzene rings is 2. The zero-order chi connectivity index (χ0) is 19.8. The van der Waals surface area contributed by atoms with Crippen LogP contribution in [0.2, 0.25) is 0 Å². The Morgan fingerprint density at radius 3 is 2.03 bits per heavy atom. The first-order chi connectivity index (χ1) is 13.7. The Labute approximate surface area is 191 Å². The molecule has 0 radical (unpaired) electrons. The predicted octanol–water partition coefficient (Wildman–Crippen LogP) is 4.86. The van der Waals surface area contributed by atoms with E-state index in [-0.39, 0.29) is 30.0 Å². The van der Waals surface area contributed by atoms with Crippen molar-refractivity contribution < 1.29 is 9.47 Å². The Morgan fingerprint density at radius 1 is 0.931 bits per heavy atom. The summed E-state index contributed by atoms with van der Waals surface area (Å²) < 4.78 is 11.9. The highest BCUT2D eigenvalue weighted by atomic mass is 127. The molecule has 3 rings (SSSR count). The van der Waals surface area contributed by atoms with Gasteiger partial charge in [0.05, 0.1) is 19.3 Å². The monoisotopic (exact) mass is 509 g/mol. The molecule has 6 heteroatoms. The molecule has 1 N–H and O–H groups in total. The van der Waals surface area contributed by atoms with Gasteiger partial charge in [-0.2, -0.15) is 0 Å². The average molecular weight is 509 g/mol. The van der Waals surface area contributed by atoms with Gasteiger partial charge in [0, 0.05) is 31.3 Å². The topological polar surface area (TPSA) is 46.1 Å². The molecule has 1 aliphatic rings. The lowest BCUT2D eigenvalue weighted by atomic mass is 9.97. The van der Waals surface area contributed by atoms with Gasteiger partial charge in [-0.1, -0.05) is 36.4 Å². The van der Waals surface area contributed by atoms with E-state index in [9.17, 15) is 0 Å². The van der Waals surface area contributed by atoms with Crippen molar-refractivity contribution in [3.05, 3.63) is 59.7 Å². The second-order valence-electron chi connectivity index (χ2n) is 6.85. The van der Waals surface area contributed by atoms with Crippen LogP contribution in [-0.4, -0.2) is 44.2 Å². The van der Waals surface area contributed by atoms with Gasteiger partial charge < -0.3 is 19.7 Å². The highest BCUT2D eigenvalue weighted by Gasteiger charge is 2.24. The van der Waals surface area contributed by atoms with Gasteiger partial charge >= 0.3 is 0 Å². The van der Waals surface area contributed by atoms with Gasteiger partial charge in [-0.3, -0.25) is 4.99 Å². The first kappa shape index (κ1) is 23.3. The molecule has 0 saturated heterocycles. The fourth-order valence-corrected chi connectivity index (χ4v) is 3.49. The Hall–Kier alpha value is -1.96. The number of hydrogen-bond acceptors (Lipinski definition) is 5. The Kier molecular flexibility index (Phi) is 9.57. The molecule has 2 aromatic carbocycles. The quantitative estimate of drug-likeness (QED) is 0.542. The van der Waals surface area contributed by atoms with Crippen molar-refractivity contribution in [2.75, 3.05) is 33.4 Å². The Morgan fingerprint density at radius 2 is 1.48 bits per heavy atom.